The van der Waals surface area contributed by atoms with Gasteiger partial charge in [-0.25, -0.2) is 4.39 Å². The van der Waals surface area contributed by atoms with Crippen molar-refractivity contribution in [3.8, 4) is 11.1 Å². The summed E-state index contributed by atoms with van der Waals surface area (Å²) in [5.41, 5.74) is 5.08. The summed E-state index contributed by atoms with van der Waals surface area (Å²) < 4.78 is 59.7. The van der Waals surface area contributed by atoms with Crippen LogP contribution >= 0.6 is 0 Å². The Kier molecular flexibility index (Phi) is 7.00. The van der Waals surface area contributed by atoms with Crippen LogP contribution in [-0.2, 0) is 30.5 Å². The van der Waals surface area contributed by atoms with Crippen LogP contribution in [0.15, 0.2) is 48.5 Å². The van der Waals surface area contributed by atoms with Gasteiger partial charge in [0.1, 0.15) is 5.82 Å². The standard InChI is InChI=1S/C32H33F4NO2/c33-24-11-9-21(10-12-24)28-25(19-39-18-20-5-3-8-23(15-20)32(34,35)36)30(22-6-1-2-7-22)37-26-16-31(13-4-14-31)17-27(38)29(26)28/h3,5,8-12,15,22,27,38H,1-2,4,6-7,13-14,16-19H2. The molecule has 7 heteroatoms. The molecule has 206 valence electrons. The van der Waals surface area contributed by atoms with Crippen LogP contribution in [0.25, 0.3) is 11.1 Å². The van der Waals surface area contributed by atoms with Gasteiger partial charge in [0.25, 0.3) is 0 Å². The topological polar surface area (TPSA) is 42.4 Å². The zero-order valence-electron chi connectivity index (χ0n) is 21.9. The first-order valence-corrected chi connectivity index (χ1v) is 14.0. The van der Waals surface area contributed by atoms with Crippen LogP contribution in [0.2, 0.25) is 0 Å². The monoisotopic (exact) mass is 539 g/mol. The van der Waals surface area contributed by atoms with E-state index in [1.165, 1.54) is 24.6 Å². The second-order valence-corrected chi connectivity index (χ2v) is 11.6. The molecule has 0 aliphatic heterocycles. The molecule has 3 nitrogen and oxygen atoms in total. The summed E-state index contributed by atoms with van der Waals surface area (Å²) >= 11 is 0. The van der Waals surface area contributed by atoms with Gasteiger partial charge >= 0.3 is 6.18 Å². The van der Waals surface area contributed by atoms with Crippen molar-refractivity contribution < 1.29 is 27.4 Å². The highest BCUT2D eigenvalue weighted by molar-refractivity contribution is 5.74. The number of alkyl halides is 3. The lowest BCUT2D eigenvalue weighted by molar-refractivity contribution is -0.137. The number of aliphatic hydroxyl groups excluding tert-OH is 1. The minimum Gasteiger partial charge on any atom is -0.388 e. The fourth-order valence-electron chi connectivity index (χ4n) is 6.94. The fraction of sp³-hybridized carbons (Fsp3) is 0.469. The van der Waals surface area contributed by atoms with Gasteiger partial charge in [0.2, 0.25) is 0 Å². The molecule has 39 heavy (non-hydrogen) atoms. The summed E-state index contributed by atoms with van der Waals surface area (Å²) in [6.45, 7) is 0.159. The summed E-state index contributed by atoms with van der Waals surface area (Å²) in [5.74, 6) is -0.0768. The number of rotatable bonds is 6. The first-order valence-electron chi connectivity index (χ1n) is 14.0. The van der Waals surface area contributed by atoms with Crippen molar-refractivity contribution in [3.05, 3.63) is 88.0 Å². The number of aliphatic hydroxyl groups is 1. The third kappa shape index (κ3) is 5.23. The summed E-state index contributed by atoms with van der Waals surface area (Å²) in [5, 5.41) is 11.5. The number of ether oxygens (including phenoxy) is 1. The van der Waals surface area contributed by atoms with Crippen molar-refractivity contribution >= 4 is 0 Å². The Bertz CT molecular complexity index is 1340. The maximum atomic E-state index is 13.9. The van der Waals surface area contributed by atoms with E-state index in [2.05, 4.69) is 0 Å². The molecule has 0 radical (unpaired) electrons. The molecule has 0 amide bonds. The van der Waals surface area contributed by atoms with Gasteiger partial charge in [0.15, 0.2) is 0 Å². The first-order chi connectivity index (χ1) is 18.7. The zero-order valence-corrected chi connectivity index (χ0v) is 21.9. The van der Waals surface area contributed by atoms with E-state index < -0.39 is 17.8 Å². The number of benzene rings is 2. The molecule has 2 aromatic carbocycles. The van der Waals surface area contributed by atoms with Crippen LogP contribution in [0, 0.1) is 11.2 Å². The van der Waals surface area contributed by atoms with Crippen LogP contribution in [0.1, 0.15) is 97.0 Å². The van der Waals surface area contributed by atoms with Crippen molar-refractivity contribution in [3.63, 3.8) is 0 Å². The zero-order chi connectivity index (χ0) is 27.2. The second kappa shape index (κ2) is 10.3. The predicted molar refractivity (Wildman–Crippen MR) is 140 cm³/mol. The number of aromatic nitrogens is 1. The lowest BCUT2D eigenvalue weighted by Crippen LogP contribution is -2.38. The van der Waals surface area contributed by atoms with Gasteiger partial charge in [-0.05, 0) is 84.9 Å². The number of hydrogen-bond acceptors (Lipinski definition) is 3. The molecule has 1 unspecified atom stereocenters. The van der Waals surface area contributed by atoms with Gasteiger partial charge in [-0.3, -0.25) is 4.98 Å². The van der Waals surface area contributed by atoms with Gasteiger partial charge in [-0.15, -0.1) is 0 Å². The Morgan fingerprint density at radius 2 is 1.72 bits per heavy atom. The minimum absolute atomic E-state index is 0.0135. The Hall–Kier alpha value is -2.77. The minimum atomic E-state index is -4.42. The largest absolute Gasteiger partial charge is 0.416 e. The van der Waals surface area contributed by atoms with Crippen LogP contribution < -0.4 is 0 Å². The fourth-order valence-corrected chi connectivity index (χ4v) is 6.94. The maximum Gasteiger partial charge on any atom is 0.416 e. The van der Waals surface area contributed by atoms with Gasteiger partial charge < -0.3 is 9.84 Å². The SMILES string of the molecule is OC1CC2(CCC2)Cc2nc(C3CCCC3)c(COCc3cccc(C(F)(F)F)c3)c(-c3ccc(F)cc3)c21. The predicted octanol–water partition coefficient (Wildman–Crippen LogP) is 8.43. The van der Waals surface area contributed by atoms with E-state index in [9.17, 15) is 22.7 Å². The third-order valence-electron chi connectivity index (χ3n) is 9.01. The smallest absolute Gasteiger partial charge is 0.388 e. The third-order valence-corrected chi connectivity index (χ3v) is 9.01. The number of halogens is 4. The molecule has 2 saturated carbocycles. The highest BCUT2D eigenvalue weighted by Gasteiger charge is 2.45. The number of pyridine rings is 1. The van der Waals surface area contributed by atoms with Crippen LogP contribution in [0.4, 0.5) is 17.6 Å². The maximum absolute atomic E-state index is 13.9. The molecule has 3 aliphatic carbocycles. The van der Waals surface area contributed by atoms with Crippen molar-refractivity contribution in [2.45, 2.75) is 89.2 Å². The van der Waals surface area contributed by atoms with Gasteiger partial charge in [0.05, 0.1) is 24.9 Å². The average molecular weight is 540 g/mol. The molecule has 0 bridgehead atoms. The van der Waals surface area contributed by atoms with Crippen LogP contribution in [0.3, 0.4) is 0 Å². The van der Waals surface area contributed by atoms with E-state index in [4.69, 9.17) is 9.72 Å². The molecule has 1 N–H and O–H groups in total. The highest BCUT2D eigenvalue weighted by atomic mass is 19.4. The summed E-state index contributed by atoms with van der Waals surface area (Å²) in [7, 11) is 0. The van der Waals surface area contributed by atoms with Gasteiger partial charge in [0, 0.05) is 28.4 Å². The molecular formula is C32H33F4NO2. The Labute approximate surface area is 226 Å². The second-order valence-electron chi connectivity index (χ2n) is 11.6. The lowest BCUT2D eigenvalue weighted by atomic mass is 9.59. The van der Waals surface area contributed by atoms with Gasteiger partial charge in [-0.1, -0.05) is 43.5 Å². The van der Waals surface area contributed by atoms with E-state index in [-0.39, 0.29) is 30.4 Å². The summed E-state index contributed by atoms with van der Waals surface area (Å²) in [6, 6.07) is 11.5. The van der Waals surface area contributed by atoms with E-state index in [0.717, 1.165) is 90.7 Å². The van der Waals surface area contributed by atoms with E-state index >= 15 is 0 Å². The Morgan fingerprint density at radius 3 is 2.38 bits per heavy atom. The Balaban J connectivity index is 1.42. The molecule has 1 aromatic heterocycles. The van der Waals surface area contributed by atoms with E-state index in [1.807, 2.05) is 0 Å². The quantitative estimate of drug-likeness (QED) is 0.320. The first kappa shape index (κ1) is 26.5. The van der Waals surface area contributed by atoms with E-state index in [1.54, 1.807) is 18.2 Å². The Morgan fingerprint density at radius 1 is 0.974 bits per heavy atom. The van der Waals surface area contributed by atoms with Crippen molar-refractivity contribution in [1.82, 2.24) is 4.98 Å². The summed E-state index contributed by atoms with van der Waals surface area (Å²) in [4.78, 5) is 5.24. The molecule has 0 saturated heterocycles. The highest BCUT2D eigenvalue weighted by Crippen LogP contribution is 2.55. The summed E-state index contributed by atoms with van der Waals surface area (Å²) in [6.07, 6.45) is 4.05. The molecule has 2 fully saturated rings. The molecule has 3 aromatic rings. The molecule has 1 atom stereocenters. The van der Waals surface area contributed by atoms with Crippen molar-refractivity contribution in [2.75, 3.05) is 0 Å². The number of nitrogens with zero attached hydrogens (tertiary/aromatic N) is 1. The van der Waals surface area contributed by atoms with Crippen molar-refractivity contribution in [2.24, 2.45) is 5.41 Å². The molecule has 1 heterocycles. The van der Waals surface area contributed by atoms with Crippen LogP contribution in [0.5, 0.6) is 0 Å². The van der Waals surface area contributed by atoms with Crippen LogP contribution in [-0.4, -0.2) is 10.1 Å². The molecule has 1 spiro atoms. The molecular weight excluding hydrogens is 506 g/mol. The number of hydrogen-bond donors (Lipinski definition) is 1. The lowest BCUT2D eigenvalue weighted by Gasteiger charge is -2.47. The van der Waals surface area contributed by atoms with E-state index in [0.29, 0.717) is 12.0 Å². The van der Waals surface area contributed by atoms with Gasteiger partial charge in [-0.2, -0.15) is 13.2 Å². The number of fused-ring (bicyclic) bond motifs is 1. The molecule has 3 aliphatic rings. The molecule has 6 rings (SSSR count). The normalized spacial score (nSPS) is 20.7. The van der Waals surface area contributed by atoms with Crippen molar-refractivity contribution in [1.29, 1.82) is 0 Å². The average Bonchev–Trinajstić information content (AvgIpc) is 3.42.